The number of benzene rings is 1. The van der Waals surface area contributed by atoms with Gasteiger partial charge in [-0.15, -0.1) is 24.2 Å². The molecule has 2 fully saturated rings. The molecule has 3 rings (SSSR count). The van der Waals surface area contributed by atoms with Crippen LogP contribution in [0.1, 0.15) is 31.2 Å². The molecule has 140 valence electrons. The van der Waals surface area contributed by atoms with Crippen molar-refractivity contribution in [2.45, 2.75) is 42.2 Å². The summed E-state index contributed by atoms with van der Waals surface area (Å²) in [4.78, 5) is 16.5. The maximum Gasteiger partial charge on any atom is 0.236 e. The number of nitrogens with zero attached hydrogens (tertiary/aromatic N) is 1. The maximum atomic E-state index is 12.9. The van der Waals surface area contributed by atoms with Gasteiger partial charge in [-0.05, 0) is 31.9 Å². The molecule has 0 aromatic heterocycles. The Morgan fingerprint density at radius 2 is 1.84 bits per heavy atom. The SMILES string of the molecule is Cc1ccc(SC2(C(=O)NCCN3CCNCC3)CCCC2)cc1.Cl. The Balaban J connectivity index is 0.00000225. The second-order valence-electron chi connectivity index (χ2n) is 6.96. The minimum Gasteiger partial charge on any atom is -0.354 e. The van der Waals surface area contributed by atoms with Gasteiger partial charge in [0.1, 0.15) is 0 Å². The molecular formula is C19H30ClN3OS. The molecule has 0 spiro atoms. The fourth-order valence-corrected chi connectivity index (χ4v) is 4.96. The van der Waals surface area contributed by atoms with Gasteiger partial charge in [-0.2, -0.15) is 0 Å². The molecular weight excluding hydrogens is 354 g/mol. The molecule has 0 atom stereocenters. The fraction of sp³-hybridized carbons (Fsp3) is 0.632. The average Bonchev–Trinajstić information content (AvgIpc) is 3.08. The number of hydrogen-bond donors (Lipinski definition) is 2. The zero-order chi connectivity index (χ0) is 16.8. The van der Waals surface area contributed by atoms with E-state index in [0.717, 1.165) is 65.0 Å². The summed E-state index contributed by atoms with van der Waals surface area (Å²) in [5.74, 6) is 0.237. The van der Waals surface area contributed by atoms with Crippen molar-refractivity contribution in [3.05, 3.63) is 29.8 Å². The topological polar surface area (TPSA) is 44.4 Å². The first-order valence-corrected chi connectivity index (χ1v) is 9.97. The smallest absolute Gasteiger partial charge is 0.236 e. The molecule has 0 unspecified atom stereocenters. The number of aryl methyl sites for hydroxylation is 1. The summed E-state index contributed by atoms with van der Waals surface area (Å²) in [5, 5.41) is 6.59. The summed E-state index contributed by atoms with van der Waals surface area (Å²) in [5.41, 5.74) is 1.26. The van der Waals surface area contributed by atoms with Gasteiger partial charge in [0.05, 0.1) is 4.75 Å². The highest BCUT2D eigenvalue weighted by Gasteiger charge is 2.42. The Kier molecular flexibility index (Phi) is 8.07. The van der Waals surface area contributed by atoms with Crippen LogP contribution in [0.2, 0.25) is 0 Å². The largest absolute Gasteiger partial charge is 0.354 e. The molecule has 1 aromatic carbocycles. The average molecular weight is 384 g/mol. The molecule has 1 aromatic rings. The van der Waals surface area contributed by atoms with E-state index in [4.69, 9.17) is 0 Å². The molecule has 4 nitrogen and oxygen atoms in total. The first-order chi connectivity index (χ1) is 11.7. The number of nitrogens with one attached hydrogen (secondary N) is 2. The van der Waals surface area contributed by atoms with Crippen LogP contribution in [0.15, 0.2) is 29.2 Å². The van der Waals surface area contributed by atoms with Crippen LogP contribution in [-0.2, 0) is 4.79 Å². The number of halogens is 1. The van der Waals surface area contributed by atoms with Crippen LogP contribution in [0.3, 0.4) is 0 Å². The number of hydrogen-bond acceptors (Lipinski definition) is 4. The van der Waals surface area contributed by atoms with Crippen molar-refractivity contribution in [2.24, 2.45) is 0 Å². The van der Waals surface area contributed by atoms with Gasteiger partial charge in [0.2, 0.25) is 5.91 Å². The molecule has 2 aliphatic rings. The van der Waals surface area contributed by atoms with Gasteiger partial charge >= 0.3 is 0 Å². The lowest BCUT2D eigenvalue weighted by atomic mass is 10.1. The molecule has 1 heterocycles. The third-order valence-corrected chi connectivity index (χ3v) is 6.57. The van der Waals surface area contributed by atoms with E-state index in [0.29, 0.717) is 0 Å². The van der Waals surface area contributed by atoms with Crippen molar-refractivity contribution < 1.29 is 4.79 Å². The normalized spacial score (nSPS) is 20.0. The predicted octanol–water partition coefficient (Wildman–Crippen LogP) is 2.84. The quantitative estimate of drug-likeness (QED) is 0.792. The highest BCUT2D eigenvalue weighted by molar-refractivity contribution is 8.01. The van der Waals surface area contributed by atoms with Gasteiger partial charge in [0, 0.05) is 44.2 Å². The molecule has 6 heteroatoms. The number of thioether (sulfide) groups is 1. The van der Waals surface area contributed by atoms with Gasteiger partial charge in [0.15, 0.2) is 0 Å². The second kappa shape index (κ2) is 9.81. The lowest BCUT2D eigenvalue weighted by Crippen LogP contribution is -2.48. The first kappa shape index (κ1) is 20.6. The number of rotatable bonds is 6. The van der Waals surface area contributed by atoms with Crippen molar-refractivity contribution in [3.63, 3.8) is 0 Å². The summed E-state index contributed by atoms with van der Waals surface area (Å²) >= 11 is 1.77. The molecule has 1 saturated carbocycles. The number of amides is 1. The summed E-state index contributed by atoms with van der Waals surface area (Å²) in [7, 11) is 0. The van der Waals surface area contributed by atoms with Gasteiger partial charge in [-0.25, -0.2) is 0 Å². The van der Waals surface area contributed by atoms with Crippen LogP contribution in [0.25, 0.3) is 0 Å². The van der Waals surface area contributed by atoms with Gasteiger partial charge in [0.25, 0.3) is 0 Å². The molecule has 1 aliphatic carbocycles. The van der Waals surface area contributed by atoms with Gasteiger partial charge in [-0.1, -0.05) is 30.5 Å². The van der Waals surface area contributed by atoms with Crippen LogP contribution in [-0.4, -0.2) is 54.8 Å². The number of carbonyl (C=O) groups excluding carboxylic acids is 1. The Bertz CT molecular complexity index is 540. The maximum absolute atomic E-state index is 12.9. The first-order valence-electron chi connectivity index (χ1n) is 9.15. The fourth-order valence-electron chi connectivity index (χ4n) is 3.58. The van der Waals surface area contributed by atoms with Crippen LogP contribution in [0.4, 0.5) is 0 Å². The highest BCUT2D eigenvalue weighted by Crippen LogP contribution is 2.45. The molecule has 2 N–H and O–H groups in total. The molecule has 0 bridgehead atoms. The molecule has 0 radical (unpaired) electrons. The second-order valence-corrected chi connectivity index (χ2v) is 8.42. The monoisotopic (exact) mass is 383 g/mol. The molecule has 1 saturated heterocycles. The van der Waals surface area contributed by atoms with E-state index in [9.17, 15) is 4.79 Å². The molecule has 25 heavy (non-hydrogen) atoms. The van der Waals surface area contributed by atoms with Crippen molar-refractivity contribution in [2.75, 3.05) is 39.3 Å². The van der Waals surface area contributed by atoms with Crippen molar-refractivity contribution in [1.29, 1.82) is 0 Å². The Morgan fingerprint density at radius 1 is 1.20 bits per heavy atom. The van der Waals surface area contributed by atoms with Gasteiger partial charge in [-0.3, -0.25) is 9.69 Å². The third kappa shape index (κ3) is 5.61. The van der Waals surface area contributed by atoms with Crippen LogP contribution in [0.5, 0.6) is 0 Å². The summed E-state index contributed by atoms with van der Waals surface area (Å²) in [6.45, 7) is 8.09. The Hall–Kier alpha value is -0.750. The van der Waals surface area contributed by atoms with Crippen molar-refractivity contribution in [1.82, 2.24) is 15.5 Å². The Labute approximate surface area is 161 Å². The van der Waals surface area contributed by atoms with E-state index < -0.39 is 0 Å². The number of piperazine rings is 1. The highest BCUT2D eigenvalue weighted by atomic mass is 35.5. The van der Waals surface area contributed by atoms with E-state index in [-0.39, 0.29) is 23.1 Å². The predicted molar refractivity (Wildman–Crippen MR) is 108 cm³/mol. The third-order valence-electron chi connectivity index (χ3n) is 5.08. The lowest BCUT2D eigenvalue weighted by Gasteiger charge is -2.30. The van der Waals surface area contributed by atoms with Crippen LogP contribution < -0.4 is 10.6 Å². The van der Waals surface area contributed by atoms with Crippen molar-refractivity contribution >= 4 is 30.1 Å². The van der Waals surface area contributed by atoms with Crippen LogP contribution >= 0.6 is 24.2 Å². The molecule has 1 amide bonds. The van der Waals surface area contributed by atoms with E-state index >= 15 is 0 Å². The summed E-state index contributed by atoms with van der Waals surface area (Å²) in [6.07, 6.45) is 4.30. The van der Waals surface area contributed by atoms with Gasteiger partial charge < -0.3 is 10.6 Å². The molecule has 1 aliphatic heterocycles. The van der Waals surface area contributed by atoms with E-state index in [2.05, 4.69) is 46.7 Å². The van der Waals surface area contributed by atoms with Crippen LogP contribution in [0, 0.1) is 6.92 Å². The summed E-state index contributed by atoms with van der Waals surface area (Å²) < 4.78 is -0.265. The Morgan fingerprint density at radius 3 is 2.48 bits per heavy atom. The zero-order valence-corrected chi connectivity index (χ0v) is 16.7. The van der Waals surface area contributed by atoms with E-state index in [1.54, 1.807) is 11.8 Å². The zero-order valence-electron chi connectivity index (χ0n) is 15.1. The van der Waals surface area contributed by atoms with Crippen molar-refractivity contribution in [3.8, 4) is 0 Å². The minimum atomic E-state index is -0.265. The number of carbonyl (C=O) groups is 1. The standard InChI is InChI=1S/C19H29N3OS.ClH/c1-16-4-6-17(7-5-16)24-19(8-2-3-9-19)18(23)21-12-15-22-13-10-20-11-14-22;/h4-7,20H,2-3,8-15H2,1H3,(H,21,23);1H. The minimum absolute atomic E-state index is 0. The van der Waals surface area contributed by atoms with E-state index in [1.807, 2.05) is 0 Å². The van der Waals surface area contributed by atoms with E-state index in [1.165, 1.54) is 10.5 Å². The summed E-state index contributed by atoms with van der Waals surface area (Å²) in [6, 6.07) is 8.56. The lowest BCUT2D eigenvalue weighted by molar-refractivity contribution is -0.123.